The van der Waals surface area contributed by atoms with E-state index in [1.165, 1.54) is 25.4 Å². The molecule has 0 spiro atoms. The van der Waals surface area contributed by atoms with Gasteiger partial charge in [0.05, 0.1) is 31.3 Å². The van der Waals surface area contributed by atoms with Crippen LogP contribution in [0.2, 0.25) is 0 Å². The van der Waals surface area contributed by atoms with Gasteiger partial charge in [-0.25, -0.2) is 8.42 Å². The molecule has 0 aliphatic heterocycles. The second kappa shape index (κ2) is 9.00. The van der Waals surface area contributed by atoms with Crippen LogP contribution in [-0.4, -0.2) is 28.4 Å². The van der Waals surface area contributed by atoms with Crippen molar-refractivity contribution in [2.24, 2.45) is 0 Å². The number of rotatable bonds is 8. The van der Waals surface area contributed by atoms with Crippen LogP contribution >= 0.6 is 0 Å². The first-order valence-electron chi connectivity index (χ1n) is 9.27. The summed E-state index contributed by atoms with van der Waals surface area (Å²) < 4.78 is 39.3. The minimum Gasteiger partial charge on any atom is -0.496 e. The van der Waals surface area contributed by atoms with Crippen LogP contribution in [0.1, 0.15) is 22.8 Å². The van der Waals surface area contributed by atoms with E-state index in [9.17, 15) is 13.2 Å². The van der Waals surface area contributed by atoms with Crippen LogP contribution in [0.5, 0.6) is 11.5 Å². The molecule has 0 fully saturated rings. The molecule has 0 bridgehead atoms. The lowest BCUT2D eigenvalue weighted by atomic mass is 10.1. The molecule has 0 unspecified atom stereocenters. The number of carbonyl (C=O) groups is 1. The van der Waals surface area contributed by atoms with Crippen molar-refractivity contribution in [3.05, 3.63) is 83.9 Å². The molecule has 0 radical (unpaired) electrons. The Morgan fingerprint density at radius 2 is 1.50 bits per heavy atom. The SMILES string of the molecule is COc1ccc(C(C)=O)cc1CN(c1ccccc1OC)S(=O)(=O)c1ccccc1. The van der Waals surface area contributed by atoms with E-state index in [1.54, 1.807) is 72.8 Å². The van der Waals surface area contributed by atoms with E-state index >= 15 is 0 Å². The molecule has 3 rings (SSSR count). The summed E-state index contributed by atoms with van der Waals surface area (Å²) in [6.45, 7) is 1.42. The number of para-hydroxylation sites is 2. The minimum atomic E-state index is -3.93. The highest BCUT2D eigenvalue weighted by Crippen LogP contribution is 2.35. The number of hydrogen-bond donors (Lipinski definition) is 0. The standard InChI is InChI=1S/C23H23NO5S/c1-17(25)18-13-14-22(28-2)19(15-18)16-24(21-11-7-8-12-23(21)29-3)30(26,27)20-9-5-4-6-10-20/h4-15H,16H2,1-3H3. The molecule has 0 aliphatic rings. The lowest BCUT2D eigenvalue weighted by Gasteiger charge is -2.27. The van der Waals surface area contributed by atoms with Crippen molar-refractivity contribution in [2.75, 3.05) is 18.5 Å². The Bertz CT molecular complexity index is 1140. The Morgan fingerprint density at radius 3 is 2.13 bits per heavy atom. The third-order valence-electron chi connectivity index (χ3n) is 4.69. The average Bonchev–Trinajstić information content (AvgIpc) is 2.77. The predicted molar refractivity (Wildman–Crippen MR) is 116 cm³/mol. The molecule has 0 atom stereocenters. The van der Waals surface area contributed by atoms with E-state index in [0.717, 1.165) is 0 Å². The largest absolute Gasteiger partial charge is 0.496 e. The summed E-state index contributed by atoms with van der Waals surface area (Å²) in [6.07, 6.45) is 0. The molecular weight excluding hydrogens is 402 g/mol. The van der Waals surface area contributed by atoms with Crippen molar-refractivity contribution >= 4 is 21.5 Å². The first-order chi connectivity index (χ1) is 14.4. The summed E-state index contributed by atoms with van der Waals surface area (Å²) in [5.74, 6) is 0.788. The van der Waals surface area contributed by atoms with Crippen LogP contribution in [0.25, 0.3) is 0 Å². The Hall–Kier alpha value is -3.32. The number of sulfonamides is 1. The number of ketones is 1. The zero-order valence-corrected chi connectivity index (χ0v) is 17.8. The fraction of sp³-hybridized carbons (Fsp3) is 0.174. The van der Waals surface area contributed by atoms with Gasteiger partial charge >= 0.3 is 0 Å². The summed E-state index contributed by atoms with van der Waals surface area (Å²) in [6, 6.07) is 20.1. The number of ether oxygens (including phenoxy) is 2. The first-order valence-corrected chi connectivity index (χ1v) is 10.7. The van der Waals surface area contributed by atoms with Crippen LogP contribution in [0.3, 0.4) is 0 Å². The average molecular weight is 426 g/mol. The molecule has 0 aromatic heterocycles. The van der Waals surface area contributed by atoms with Crippen molar-refractivity contribution in [1.29, 1.82) is 0 Å². The van der Waals surface area contributed by atoms with Crippen molar-refractivity contribution < 1.29 is 22.7 Å². The van der Waals surface area contributed by atoms with Gasteiger partial charge in [0, 0.05) is 11.1 Å². The van der Waals surface area contributed by atoms with Gasteiger partial charge in [-0.1, -0.05) is 30.3 Å². The van der Waals surface area contributed by atoms with Gasteiger partial charge in [0.1, 0.15) is 11.5 Å². The van der Waals surface area contributed by atoms with Gasteiger partial charge < -0.3 is 9.47 Å². The zero-order chi connectivity index (χ0) is 21.7. The molecule has 7 heteroatoms. The van der Waals surface area contributed by atoms with E-state index in [-0.39, 0.29) is 17.2 Å². The first kappa shape index (κ1) is 21.4. The maximum Gasteiger partial charge on any atom is 0.264 e. The molecule has 6 nitrogen and oxygen atoms in total. The van der Waals surface area contributed by atoms with Gasteiger partial charge in [0.25, 0.3) is 10.0 Å². The molecule has 0 N–H and O–H groups in total. The maximum absolute atomic E-state index is 13.6. The van der Waals surface area contributed by atoms with Crippen molar-refractivity contribution in [3.8, 4) is 11.5 Å². The molecule has 156 valence electrons. The second-order valence-electron chi connectivity index (χ2n) is 6.58. The number of hydrogen-bond acceptors (Lipinski definition) is 5. The van der Waals surface area contributed by atoms with Gasteiger partial charge in [0.15, 0.2) is 5.78 Å². The van der Waals surface area contributed by atoms with Crippen LogP contribution in [-0.2, 0) is 16.6 Å². The zero-order valence-electron chi connectivity index (χ0n) is 17.0. The van der Waals surface area contributed by atoms with Crippen LogP contribution in [0.15, 0.2) is 77.7 Å². The van der Waals surface area contributed by atoms with E-state index in [4.69, 9.17) is 9.47 Å². The van der Waals surface area contributed by atoms with Crippen molar-refractivity contribution in [2.45, 2.75) is 18.4 Å². The Kier molecular flexibility index (Phi) is 6.42. The maximum atomic E-state index is 13.6. The second-order valence-corrected chi connectivity index (χ2v) is 8.44. The number of carbonyl (C=O) groups excluding carboxylic acids is 1. The number of anilines is 1. The molecular formula is C23H23NO5S. The van der Waals surface area contributed by atoms with Gasteiger partial charge in [-0.2, -0.15) is 0 Å². The van der Waals surface area contributed by atoms with Crippen LogP contribution in [0.4, 0.5) is 5.69 Å². The van der Waals surface area contributed by atoms with E-state index in [0.29, 0.717) is 28.3 Å². The van der Waals surface area contributed by atoms with E-state index < -0.39 is 10.0 Å². The Balaban J connectivity index is 2.19. The smallest absolute Gasteiger partial charge is 0.264 e. The van der Waals surface area contributed by atoms with Gasteiger partial charge in [0.2, 0.25) is 0 Å². The monoisotopic (exact) mass is 425 g/mol. The fourth-order valence-electron chi connectivity index (χ4n) is 3.13. The molecule has 0 aliphatic carbocycles. The van der Waals surface area contributed by atoms with E-state index in [2.05, 4.69) is 0 Å². The molecule has 0 amide bonds. The molecule has 0 heterocycles. The topological polar surface area (TPSA) is 72.9 Å². The summed E-state index contributed by atoms with van der Waals surface area (Å²) >= 11 is 0. The van der Waals surface area contributed by atoms with Crippen LogP contribution in [0, 0.1) is 0 Å². The Labute approximate surface area is 176 Å². The fourth-order valence-corrected chi connectivity index (χ4v) is 4.61. The summed E-state index contributed by atoms with van der Waals surface area (Å²) in [7, 11) is -0.936. The number of nitrogens with zero attached hydrogens (tertiary/aromatic N) is 1. The number of Topliss-reactive ketones (excluding diaryl/α,β-unsaturated/α-hetero) is 1. The third kappa shape index (κ3) is 4.31. The number of methoxy groups -OCH3 is 2. The summed E-state index contributed by atoms with van der Waals surface area (Å²) in [5, 5.41) is 0. The van der Waals surface area contributed by atoms with Gasteiger partial charge in [-0.3, -0.25) is 9.10 Å². The summed E-state index contributed by atoms with van der Waals surface area (Å²) in [4.78, 5) is 12.0. The van der Waals surface area contributed by atoms with Gasteiger partial charge in [-0.05, 0) is 49.4 Å². The van der Waals surface area contributed by atoms with Crippen molar-refractivity contribution in [1.82, 2.24) is 0 Å². The highest BCUT2D eigenvalue weighted by atomic mass is 32.2. The predicted octanol–water partition coefficient (Wildman–Crippen LogP) is 4.30. The number of benzene rings is 3. The third-order valence-corrected chi connectivity index (χ3v) is 6.46. The molecule has 0 saturated heterocycles. The highest BCUT2D eigenvalue weighted by molar-refractivity contribution is 7.92. The Morgan fingerprint density at radius 1 is 0.867 bits per heavy atom. The quantitative estimate of drug-likeness (QED) is 0.503. The highest BCUT2D eigenvalue weighted by Gasteiger charge is 2.28. The summed E-state index contributed by atoms with van der Waals surface area (Å²) in [5.41, 5.74) is 1.43. The van der Waals surface area contributed by atoms with Crippen LogP contribution < -0.4 is 13.8 Å². The van der Waals surface area contributed by atoms with Gasteiger partial charge in [-0.15, -0.1) is 0 Å². The molecule has 0 saturated carbocycles. The normalized spacial score (nSPS) is 11.0. The lowest BCUT2D eigenvalue weighted by molar-refractivity contribution is 0.101. The minimum absolute atomic E-state index is 0.0398. The molecule has 3 aromatic carbocycles. The van der Waals surface area contributed by atoms with E-state index in [1.807, 2.05) is 0 Å². The molecule has 30 heavy (non-hydrogen) atoms. The lowest BCUT2D eigenvalue weighted by Crippen LogP contribution is -2.31. The molecule has 3 aromatic rings. The van der Waals surface area contributed by atoms with Crippen molar-refractivity contribution in [3.63, 3.8) is 0 Å².